The Bertz CT molecular complexity index is 799. The Kier molecular flexibility index (Phi) is 7.47. The first-order valence-corrected chi connectivity index (χ1v) is 8.46. The summed E-state index contributed by atoms with van der Waals surface area (Å²) >= 11 is 0. The lowest BCUT2D eigenvalue weighted by Gasteiger charge is -2.18. The van der Waals surface area contributed by atoms with Crippen LogP contribution in [0.3, 0.4) is 0 Å². The van der Waals surface area contributed by atoms with E-state index in [1.165, 1.54) is 0 Å². The summed E-state index contributed by atoms with van der Waals surface area (Å²) in [5.74, 6) is -0.0213. The van der Waals surface area contributed by atoms with Crippen LogP contribution in [-0.4, -0.2) is 38.0 Å². The van der Waals surface area contributed by atoms with Crippen LogP contribution >= 0.6 is 0 Å². The zero-order valence-electron chi connectivity index (χ0n) is 15.3. The van der Waals surface area contributed by atoms with E-state index in [-0.39, 0.29) is 0 Å². The second kappa shape index (κ2) is 10.0. The predicted octanol–water partition coefficient (Wildman–Crippen LogP) is 3.22. The quantitative estimate of drug-likeness (QED) is 0.619. The largest absolute Gasteiger partial charge is 0.494 e. The molecule has 2 aromatic carbocycles. The number of nitrogens with zero attached hydrogens (tertiary/aromatic N) is 1. The molecule has 0 heterocycles. The van der Waals surface area contributed by atoms with Crippen molar-refractivity contribution < 1.29 is 24.1 Å². The smallest absolute Gasteiger partial charge is 0.330 e. The first-order valence-electron chi connectivity index (χ1n) is 8.46. The van der Waals surface area contributed by atoms with Crippen molar-refractivity contribution in [2.45, 2.75) is 13.0 Å². The number of carbonyl (C=O) groups is 1. The molecular formula is C20H22N2O5. The summed E-state index contributed by atoms with van der Waals surface area (Å²) in [6.07, 6.45) is 0. The first-order chi connectivity index (χ1) is 13.1. The van der Waals surface area contributed by atoms with Gasteiger partial charge in [-0.1, -0.05) is 0 Å². The Balaban J connectivity index is 2.30. The minimum absolute atomic E-state index is 0.340. The number of carboxylic acid groups (broad SMARTS) is 1. The minimum atomic E-state index is -1.05. The van der Waals surface area contributed by atoms with E-state index in [9.17, 15) is 9.90 Å². The van der Waals surface area contributed by atoms with Gasteiger partial charge in [-0.25, -0.2) is 4.79 Å². The molecule has 2 aromatic rings. The molecule has 0 aliphatic heterocycles. The summed E-state index contributed by atoms with van der Waals surface area (Å²) in [4.78, 5) is 11.9. The standard InChI is InChI=1S/C20H22N2O5/c1-3-26-17-10-15(11-18(12-17)27-9-8-25-2)19(20(23)24)22-16-6-4-14(13-21)5-7-16/h4-7,10-12,19,22H,3,8-9H2,1-2H3,(H,23,24)/t19-/m1/s1. The summed E-state index contributed by atoms with van der Waals surface area (Å²) in [7, 11) is 1.58. The molecule has 0 aliphatic carbocycles. The van der Waals surface area contributed by atoms with Crippen LogP contribution in [0.15, 0.2) is 42.5 Å². The summed E-state index contributed by atoms with van der Waals surface area (Å²) in [6.45, 7) is 3.05. The second-order valence-electron chi connectivity index (χ2n) is 5.62. The Morgan fingerprint density at radius 3 is 2.37 bits per heavy atom. The molecule has 142 valence electrons. The molecule has 0 amide bonds. The lowest BCUT2D eigenvalue weighted by Crippen LogP contribution is -2.20. The highest BCUT2D eigenvalue weighted by Gasteiger charge is 2.21. The number of nitriles is 1. The fraction of sp³-hybridized carbons (Fsp3) is 0.300. The van der Waals surface area contributed by atoms with Crippen molar-refractivity contribution >= 4 is 11.7 Å². The maximum absolute atomic E-state index is 11.9. The average Bonchev–Trinajstić information content (AvgIpc) is 2.66. The summed E-state index contributed by atoms with van der Waals surface area (Å²) in [6, 6.07) is 12.6. The van der Waals surface area contributed by atoms with E-state index in [1.807, 2.05) is 13.0 Å². The number of carboxylic acids is 1. The van der Waals surface area contributed by atoms with Crippen LogP contribution in [0.25, 0.3) is 0 Å². The molecule has 0 bridgehead atoms. The molecule has 0 fully saturated rings. The highest BCUT2D eigenvalue weighted by molar-refractivity contribution is 5.79. The molecule has 7 nitrogen and oxygen atoms in total. The van der Waals surface area contributed by atoms with E-state index in [4.69, 9.17) is 19.5 Å². The van der Waals surface area contributed by atoms with Crippen LogP contribution in [0.5, 0.6) is 11.5 Å². The number of ether oxygens (including phenoxy) is 3. The van der Waals surface area contributed by atoms with Crippen molar-refractivity contribution in [2.24, 2.45) is 0 Å². The third kappa shape index (κ3) is 5.90. The van der Waals surface area contributed by atoms with E-state index in [0.29, 0.717) is 48.1 Å². The number of aliphatic carboxylic acids is 1. The van der Waals surface area contributed by atoms with Crippen molar-refractivity contribution in [3.63, 3.8) is 0 Å². The normalized spacial score (nSPS) is 11.3. The third-order valence-corrected chi connectivity index (χ3v) is 3.67. The van der Waals surface area contributed by atoms with Crippen LogP contribution in [0.4, 0.5) is 5.69 Å². The Morgan fingerprint density at radius 1 is 1.15 bits per heavy atom. The van der Waals surface area contributed by atoms with Crippen LogP contribution in [-0.2, 0) is 9.53 Å². The lowest BCUT2D eigenvalue weighted by atomic mass is 10.1. The van der Waals surface area contributed by atoms with Gasteiger partial charge in [0, 0.05) is 18.9 Å². The van der Waals surface area contributed by atoms with Gasteiger partial charge < -0.3 is 24.6 Å². The molecule has 7 heteroatoms. The average molecular weight is 370 g/mol. The van der Waals surface area contributed by atoms with Gasteiger partial charge in [-0.15, -0.1) is 0 Å². The highest BCUT2D eigenvalue weighted by atomic mass is 16.5. The maximum atomic E-state index is 11.9. The highest BCUT2D eigenvalue weighted by Crippen LogP contribution is 2.29. The number of hydrogen-bond acceptors (Lipinski definition) is 6. The Labute approximate surface area is 158 Å². The number of methoxy groups -OCH3 is 1. The van der Waals surface area contributed by atoms with Gasteiger partial charge in [-0.3, -0.25) is 0 Å². The van der Waals surface area contributed by atoms with Gasteiger partial charge in [0.1, 0.15) is 18.1 Å². The van der Waals surface area contributed by atoms with Gasteiger partial charge in [0.25, 0.3) is 0 Å². The van der Waals surface area contributed by atoms with Crippen molar-refractivity contribution in [2.75, 3.05) is 32.2 Å². The number of nitrogens with one attached hydrogen (secondary N) is 1. The second-order valence-corrected chi connectivity index (χ2v) is 5.62. The summed E-state index contributed by atoms with van der Waals surface area (Å²) < 4.78 is 16.1. The molecule has 0 aromatic heterocycles. The molecule has 27 heavy (non-hydrogen) atoms. The van der Waals surface area contributed by atoms with Crippen molar-refractivity contribution in [1.29, 1.82) is 5.26 Å². The predicted molar refractivity (Wildman–Crippen MR) is 100 cm³/mol. The molecular weight excluding hydrogens is 348 g/mol. The Hall–Kier alpha value is -3.24. The van der Waals surface area contributed by atoms with E-state index < -0.39 is 12.0 Å². The fourth-order valence-corrected chi connectivity index (χ4v) is 2.43. The maximum Gasteiger partial charge on any atom is 0.330 e. The van der Waals surface area contributed by atoms with Gasteiger partial charge in [0.15, 0.2) is 6.04 Å². The molecule has 0 saturated carbocycles. The SMILES string of the molecule is CCOc1cc(OCCOC)cc([C@@H](Nc2ccc(C#N)cc2)C(=O)O)c1. The van der Waals surface area contributed by atoms with E-state index in [0.717, 1.165) is 0 Å². The molecule has 0 spiro atoms. The van der Waals surface area contributed by atoms with E-state index in [1.54, 1.807) is 49.6 Å². The number of hydrogen-bond donors (Lipinski definition) is 2. The monoisotopic (exact) mass is 370 g/mol. The van der Waals surface area contributed by atoms with Gasteiger partial charge >= 0.3 is 5.97 Å². The topological polar surface area (TPSA) is 101 Å². The zero-order valence-corrected chi connectivity index (χ0v) is 15.3. The zero-order chi connectivity index (χ0) is 19.6. The van der Waals surface area contributed by atoms with Gasteiger partial charge in [0.2, 0.25) is 0 Å². The van der Waals surface area contributed by atoms with Crippen molar-refractivity contribution in [3.05, 3.63) is 53.6 Å². The van der Waals surface area contributed by atoms with Crippen LogP contribution < -0.4 is 14.8 Å². The third-order valence-electron chi connectivity index (χ3n) is 3.67. The fourth-order valence-electron chi connectivity index (χ4n) is 2.43. The van der Waals surface area contributed by atoms with Gasteiger partial charge in [0.05, 0.1) is 24.8 Å². The van der Waals surface area contributed by atoms with Crippen molar-refractivity contribution in [1.82, 2.24) is 0 Å². The van der Waals surface area contributed by atoms with Crippen LogP contribution in [0.2, 0.25) is 0 Å². The number of anilines is 1. The van der Waals surface area contributed by atoms with Crippen LogP contribution in [0.1, 0.15) is 24.1 Å². The molecule has 0 unspecified atom stereocenters. The summed E-state index contributed by atoms with van der Waals surface area (Å²) in [5, 5.41) is 21.5. The molecule has 2 rings (SSSR count). The van der Waals surface area contributed by atoms with Gasteiger partial charge in [-0.05, 0) is 48.9 Å². The molecule has 0 saturated heterocycles. The van der Waals surface area contributed by atoms with E-state index in [2.05, 4.69) is 5.32 Å². The molecule has 2 N–H and O–H groups in total. The van der Waals surface area contributed by atoms with Gasteiger partial charge in [-0.2, -0.15) is 5.26 Å². The molecule has 0 radical (unpaired) electrons. The lowest BCUT2D eigenvalue weighted by molar-refractivity contribution is -0.138. The number of benzene rings is 2. The Morgan fingerprint density at radius 2 is 1.81 bits per heavy atom. The first kappa shape index (κ1) is 20.1. The van der Waals surface area contributed by atoms with E-state index >= 15 is 0 Å². The molecule has 1 atom stereocenters. The molecule has 0 aliphatic rings. The number of rotatable bonds is 10. The van der Waals surface area contributed by atoms with Crippen molar-refractivity contribution in [3.8, 4) is 17.6 Å². The summed E-state index contributed by atoms with van der Waals surface area (Å²) in [5.41, 5.74) is 1.58. The van der Waals surface area contributed by atoms with Crippen LogP contribution in [0, 0.1) is 11.3 Å². The minimum Gasteiger partial charge on any atom is -0.494 e.